The second-order valence-electron chi connectivity index (χ2n) is 6.91. The maximum absolute atomic E-state index is 12.5. The average molecular weight is 384 g/mol. The number of amides is 1. The van der Waals surface area contributed by atoms with Crippen LogP contribution in [0.15, 0.2) is 48.7 Å². The van der Waals surface area contributed by atoms with Crippen molar-refractivity contribution in [3.63, 3.8) is 0 Å². The first-order valence-corrected chi connectivity index (χ1v) is 9.46. The van der Waals surface area contributed by atoms with Gasteiger partial charge >= 0.3 is 0 Å². The van der Waals surface area contributed by atoms with E-state index in [0.717, 1.165) is 43.0 Å². The highest BCUT2D eigenvalue weighted by atomic mass is 35.5. The third-order valence-electron chi connectivity index (χ3n) is 4.98. The summed E-state index contributed by atoms with van der Waals surface area (Å²) in [5.41, 5.74) is 2.68. The lowest BCUT2D eigenvalue weighted by Gasteiger charge is -2.33. The van der Waals surface area contributed by atoms with E-state index in [-0.39, 0.29) is 11.9 Å². The Morgan fingerprint density at radius 2 is 2.11 bits per heavy atom. The van der Waals surface area contributed by atoms with Crippen molar-refractivity contribution in [2.24, 2.45) is 7.05 Å². The molecule has 140 valence electrons. The molecular formula is C20H22ClN5O. The summed E-state index contributed by atoms with van der Waals surface area (Å²) in [6.07, 6.45) is 3.87. The van der Waals surface area contributed by atoms with Crippen molar-refractivity contribution in [3.8, 4) is 11.3 Å². The molecule has 0 bridgehead atoms. The molecule has 7 heteroatoms. The lowest BCUT2D eigenvalue weighted by Crippen LogP contribution is -2.48. The summed E-state index contributed by atoms with van der Waals surface area (Å²) < 4.78 is 1.84. The van der Waals surface area contributed by atoms with Crippen LogP contribution in [-0.2, 0) is 7.05 Å². The topological polar surface area (TPSA) is 66.0 Å². The molecule has 1 aromatic carbocycles. The fraction of sp³-hybridized carbons (Fsp3) is 0.300. The summed E-state index contributed by atoms with van der Waals surface area (Å²) in [6, 6.07) is 13.5. The van der Waals surface area contributed by atoms with Gasteiger partial charge in [-0.2, -0.15) is 5.10 Å². The molecule has 0 spiro atoms. The van der Waals surface area contributed by atoms with Crippen LogP contribution < -0.4 is 10.2 Å². The van der Waals surface area contributed by atoms with Crippen LogP contribution in [0.3, 0.4) is 0 Å². The summed E-state index contributed by atoms with van der Waals surface area (Å²) in [5, 5.41) is 11.4. The van der Waals surface area contributed by atoms with Gasteiger partial charge in [-0.15, -0.1) is 0 Å². The Bertz CT molecular complexity index is 930. The maximum Gasteiger partial charge on any atom is 0.268 e. The highest BCUT2D eigenvalue weighted by Crippen LogP contribution is 2.25. The molecule has 3 heterocycles. The molecule has 1 saturated heterocycles. The quantitative estimate of drug-likeness (QED) is 0.725. The molecule has 0 radical (unpaired) electrons. The van der Waals surface area contributed by atoms with Gasteiger partial charge in [-0.25, -0.2) is 0 Å². The Balaban J connectivity index is 1.43. The molecule has 1 amide bonds. The fourth-order valence-electron chi connectivity index (χ4n) is 3.51. The maximum atomic E-state index is 12.5. The number of nitrogens with zero attached hydrogens (tertiary/aromatic N) is 3. The highest BCUT2D eigenvalue weighted by molar-refractivity contribution is 6.30. The molecule has 4 rings (SSSR count). The molecule has 0 saturated carbocycles. The molecule has 2 N–H and O–H groups in total. The summed E-state index contributed by atoms with van der Waals surface area (Å²) in [7, 11) is 1.88. The van der Waals surface area contributed by atoms with Crippen LogP contribution in [0.25, 0.3) is 11.3 Å². The molecule has 1 unspecified atom stereocenters. The van der Waals surface area contributed by atoms with Crippen LogP contribution in [0.1, 0.15) is 23.3 Å². The Morgan fingerprint density at radius 1 is 1.30 bits per heavy atom. The number of nitrogens with one attached hydrogen (secondary N) is 2. The molecule has 1 aliphatic rings. The summed E-state index contributed by atoms with van der Waals surface area (Å²) in [5.74, 6) is 0.871. The van der Waals surface area contributed by atoms with Crippen molar-refractivity contribution >= 4 is 23.3 Å². The molecule has 3 aromatic rings. The van der Waals surface area contributed by atoms with Gasteiger partial charge in [-0.05, 0) is 42.7 Å². The van der Waals surface area contributed by atoms with Gasteiger partial charge in [-0.3, -0.25) is 9.89 Å². The van der Waals surface area contributed by atoms with Crippen molar-refractivity contribution in [2.75, 3.05) is 18.0 Å². The number of piperidine rings is 1. The van der Waals surface area contributed by atoms with E-state index in [4.69, 9.17) is 11.6 Å². The van der Waals surface area contributed by atoms with Crippen molar-refractivity contribution in [1.82, 2.24) is 20.1 Å². The van der Waals surface area contributed by atoms with Gasteiger partial charge in [0, 0.05) is 43.5 Å². The Hall–Kier alpha value is -2.73. The second-order valence-corrected chi connectivity index (χ2v) is 7.35. The van der Waals surface area contributed by atoms with E-state index in [0.29, 0.717) is 10.7 Å². The minimum atomic E-state index is -0.0294. The van der Waals surface area contributed by atoms with E-state index >= 15 is 0 Å². The van der Waals surface area contributed by atoms with Crippen molar-refractivity contribution < 1.29 is 4.79 Å². The summed E-state index contributed by atoms with van der Waals surface area (Å²) in [6.45, 7) is 1.68. The number of rotatable bonds is 4. The number of aromatic nitrogens is 3. The second kappa shape index (κ2) is 7.48. The van der Waals surface area contributed by atoms with E-state index in [1.807, 2.05) is 60.3 Å². The van der Waals surface area contributed by atoms with E-state index in [1.54, 1.807) is 0 Å². The Morgan fingerprint density at radius 3 is 2.85 bits per heavy atom. The number of carbonyl (C=O) groups excluding carboxylic acids is 1. The lowest BCUT2D eigenvalue weighted by atomic mass is 10.1. The number of anilines is 1. The van der Waals surface area contributed by atoms with Gasteiger partial charge in [0.25, 0.3) is 5.91 Å². The first-order chi connectivity index (χ1) is 13.1. The number of hydrogen-bond acceptors (Lipinski definition) is 3. The summed E-state index contributed by atoms with van der Waals surface area (Å²) >= 11 is 5.96. The zero-order chi connectivity index (χ0) is 18.8. The standard InChI is InChI=1S/C20H22ClN5O/c1-25-10-3-5-18(25)20(27)22-16-4-2-11-26(13-16)19-12-17(23-24-19)14-6-8-15(21)9-7-14/h3,5-10,12,16H,2,4,11,13H2,1H3,(H,22,27)(H,23,24). The predicted molar refractivity (Wildman–Crippen MR) is 107 cm³/mol. The van der Waals surface area contributed by atoms with Crippen molar-refractivity contribution in [3.05, 3.63) is 59.4 Å². The smallest absolute Gasteiger partial charge is 0.268 e. The SMILES string of the molecule is Cn1cccc1C(=O)NC1CCCN(c2cc(-c3ccc(Cl)cc3)[nH]n2)C1. The van der Waals surface area contributed by atoms with Crippen LogP contribution in [0.4, 0.5) is 5.82 Å². The van der Waals surface area contributed by atoms with E-state index < -0.39 is 0 Å². The summed E-state index contributed by atoms with van der Waals surface area (Å²) in [4.78, 5) is 14.7. The average Bonchev–Trinajstić information content (AvgIpc) is 3.32. The van der Waals surface area contributed by atoms with Crippen molar-refractivity contribution in [1.29, 1.82) is 0 Å². The fourth-order valence-corrected chi connectivity index (χ4v) is 3.64. The van der Waals surface area contributed by atoms with Crippen molar-refractivity contribution in [2.45, 2.75) is 18.9 Å². The number of aryl methyl sites for hydroxylation is 1. The van der Waals surface area contributed by atoms with E-state index in [2.05, 4.69) is 20.4 Å². The van der Waals surface area contributed by atoms with Crippen LogP contribution in [0.2, 0.25) is 5.02 Å². The van der Waals surface area contributed by atoms with Crippen LogP contribution >= 0.6 is 11.6 Å². The number of H-pyrrole nitrogens is 1. The zero-order valence-corrected chi connectivity index (χ0v) is 15.9. The molecule has 2 aromatic heterocycles. The number of aromatic amines is 1. The molecule has 1 aliphatic heterocycles. The molecule has 1 atom stereocenters. The number of carbonyl (C=O) groups is 1. The first-order valence-electron chi connectivity index (χ1n) is 9.08. The molecule has 0 aliphatic carbocycles. The van der Waals surface area contributed by atoms with Gasteiger partial charge in [0.15, 0.2) is 5.82 Å². The van der Waals surface area contributed by atoms with Gasteiger partial charge in [0.2, 0.25) is 0 Å². The largest absolute Gasteiger partial charge is 0.353 e. The van der Waals surface area contributed by atoms with Crippen LogP contribution in [0, 0.1) is 0 Å². The number of halogens is 1. The van der Waals surface area contributed by atoms with Gasteiger partial charge in [0.05, 0.1) is 5.69 Å². The molecular weight excluding hydrogens is 362 g/mol. The monoisotopic (exact) mass is 383 g/mol. The predicted octanol–water partition coefficient (Wildman–Crippen LogP) is 3.47. The Kier molecular flexibility index (Phi) is 4.90. The normalized spacial score (nSPS) is 17.1. The highest BCUT2D eigenvalue weighted by Gasteiger charge is 2.24. The lowest BCUT2D eigenvalue weighted by molar-refractivity contribution is 0.0925. The number of benzene rings is 1. The third kappa shape index (κ3) is 3.85. The van der Waals surface area contributed by atoms with Crippen LogP contribution in [0.5, 0.6) is 0 Å². The Labute approximate surface area is 163 Å². The first kappa shape index (κ1) is 17.7. The zero-order valence-electron chi connectivity index (χ0n) is 15.2. The van der Waals surface area contributed by atoms with E-state index in [1.165, 1.54) is 0 Å². The minimum absolute atomic E-state index is 0.0294. The van der Waals surface area contributed by atoms with Gasteiger partial charge in [-0.1, -0.05) is 23.7 Å². The van der Waals surface area contributed by atoms with Gasteiger partial charge in [0.1, 0.15) is 5.69 Å². The molecule has 27 heavy (non-hydrogen) atoms. The van der Waals surface area contributed by atoms with Crippen LogP contribution in [-0.4, -0.2) is 39.8 Å². The minimum Gasteiger partial charge on any atom is -0.353 e. The van der Waals surface area contributed by atoms with Gasteiger partial charge < -0.3 is 14.8 Å². The number of hydrogen-bond donors (Lipinski definition) is 2. The molecule has 6 nitrogen and oxygen atoms in total. The molecule has 1 fully saturated rings. The third-order valence-corrected chi connectivity index (χ3v) is 5.23. The van der Waals surface area contributed by atoms with E-state index in [9.17, 15) is 4.79 Å².